The van der Waals surface area contributed by atoms with Crippen LogP contribution in [-0.2, 0) is 19.1 Å². The Bertz CT molecular complexity index is 548. The highest BCUT2D eigenvalue weighted by atomic mass is 16.6. The van der Waals surface area contributed by atoms with E-state index in [1.54, 1.807) is 0 Å². The first-order valence-corrected chi connectivity index (χ1v) is 10.2. The van der Waals surface area contributed by atoms with Gasteiger partial charge in [-0.3, -0.25) is 0 Å². The summed E-state index contributed by atoms with van der Waals surface area (Å²) in [5, 5.41) is 6.78. The van der Waals surface area contributed by atoms with Gasteiger partial charge in [0.05, 0.1) is 0 Å². The maximum absolute atomic E-state index is 12.4. The largest absolute Gasteiger partial charge is 0.458 e. The topological polar surface area (TPSA) is 76.7 Å². The van der Waals surface area contributed by atoms with Crippen molar-refractivity contribution in [3.8, 4) is 0 Å². The van der Waals surface area contributed by atoms with Crippen molar-refractivity contribution in [3.05, 3.63) is 12.2 Å². The van der Waals surface area contributed by atoms with E-state index >= 15 is 0 Å². The molecule has 2 rings (SSSR count). The minimum atomic E-state index is -0.506. The van der Waals surface area contributed by atoms with Crippen LogP contribution in [0.4, 0.5) is 0 Å². The predicted octanol–water partition coefficient (Wildman–Crippen LogP) is 2.68. The third kappa shape index (κ3) is 5.15. The number of rotatable bonds is 4. The van der Waals surface area contributed by atoms with Crippen LogP contribution in [0.2, 0.25) is 0 Å². The molecule has 0 bridgehead atoms. The minimum absolute atomic E-state index is 0.186. The molecule has 0 aromatic heterocycles. The van der Waals surface area contributed by atoms with Crippen LogP contribution in [0.3, 0.4) is 0 Å². The summed E-state index contributed by atoms with van der Waals surface area (Å²) in [7, 11) is 0. The Morgan fingerprint density at radius 2 is 0.893 bits per heavy atom. The molecule has 6 nitrogen and oxygen atoms in total. The van der Waals surface area contributed by atoms with Crippen LogP contribution in [0.1, 0.15) is 55.4 Å². The quantitative estimate of drug-likeness (QED) is 0.564. The lowest BCUT2D eigenvalue weighted by molar-refractivity contribution is -0.165. The van der Waals surface area contributed by atoms with E-state index in [1.165, 1.54) is 12.2 Å². The molecule has 2 fully saturated rings. The number of hydrogen-bond donors (Lipinski definition) is 2. The van der Waals surface area contributed by atoms with Gasteiger partial charge >= 0.3 is 11.9 Å². The molecule has 2 N–H and O–H groups in total. The zero-order chi connectivity index (χ0) is 21.4. The summed E-state index contributed by atoms with van der Waals surface area (Å²) in [6, 6.07) is 0. The molecule has 0 aliphatic carbocycles. The van der Waals surface area contributed by atoms with Gasteiger partial charge < -0.3 is 20.1 Å². The van der Waals surface area contributed by atoms with Crippen molar-refractivity contribution in [1.29, 1.82) is 0 Å². The third-order valence-corrected chi connectivity index (χ3v) is 5.99. The Balaban J connectivity index is 2.00. The van der Waals surface area contributed by atoms with E-state index in [1.807, 2.05) is 0 Å². The SMILES string of the molecule is CC1(C)CNCC(C)(C)C1OC(=O)/C=C/C(=O)OC1C(C)(C)CNCC1(C)C. The third-order valence-electron chi connectivity index (χ3n) is 5.99. The molecule has 0 saturated carbocycles. The van der Waals surface area contributed by atoms with Crippen molar-refractivity contribution in [2.75, 3.05) is 26.2 Å². The van der Waals surface area contributed by atoms with E-state index in [9.17, 15) is 9.59 Å². The molecule has 6 heteroatoms. The summed E-state index contributed by atoms with van der Waals surface area (Å²) < 4.78 is 11.5. The molecule has 0 radical (unpaired) electrons. The fourth-order valence-electron chi connectivity index (χ4n) is 4.99. The molecular formula is C22H38N2O4. The predicted molar refractivity (Wildman–Crippen MR) is 110 cm³/mol. The van der Waals surface area contributed by atoms with Gasteiger partial charge in [0.25, 0.3) is 0 Å². The van der Waals surface area contributed by atoms with Gasteiger partial charge in [-0.1, -0.05) is 55.4 Å². The average molecular weight is 395 g/mol. The van der Waals surface area contributed by atoms with Gasteiger partial charge in [0.15, 0.2) is 0 Å². The summed E-state index contributed by atoms with van der Waals surface area (Å²) in [5.74, 6) is -1.01. The lowest BCUT2D eigenvalue weighted by atomic mass is 9.69. The standard InChI is InChI=1S/C22H38N2O4/c1-19(2)11-23-12-20(3,4)17(19)27-15(25)9-10-16(26)28-18-21(5,6)13-24-14-22(18,7)8/h9-10,17-18,23-24H,11-14H2,1-8H3/b10-9+. The molecule has 2 aliphatic rings. The van der Waals surface area contributed by atoms with E-state index in [2.05, 4.69) is 66.0 Å². The molecule has 2 heterocycles. The first-order chi connectivity index (χ1) is 12.7. The molecule has 0 atom stereocenters. The van der Waals surface area contributed by atoms with Crippen LogP contribution in [0, 0.1) is 21.7 Å². The van der Waals surface area contributed by atoms with E-state index in [0.717, 1.165) is 26.2 Å². The van der Waals surface area contributed by atoms with Gasteiger partial charge in [-0.25, -0.2) is 9.59 Å². The number of ether oxygens (including phenoxy) is 2. The smallest absolute Gasteiger partial charge is 0.331 e. The highest BCUT2D eigenvalue weighted by Crippen LogP contribution is 2.40. The Kier molecular flexibility index (Phi) is 6.37. The lowest BCUT2D eigenvalue weighted by Gasteiger charge is -2.48. The number of carbonyl (C=O) groups is 2. The number of nitrogens with one attached hydrogen (secondary N) is 2. The van der Waals surface area contributed by atoms with Crippen LogP contribution in [0.15, 0.2) is 12.2 Å². The highest BCUT2D eigenvalue weighted by molar-refractivity contribution is 5.91. The first kappa shape index (κ1) is 22.9. The molecule has 2 aliphatic heterocycles. The molecule has 0 spiro atoms. The molecule has 0 aromatic rings. The lowest BCUT2D eigenvalue weighted by Crippen LogP contribution is -2.58. The van der Waals surface area contributed by atoms with Crippen molar-refractivity contribution >= 4 is 11.9 Å². The monoisotopic (exact) mass is 394 g/mol. The Hall–Kier alpha value is -1.40. The van der Waals surface area contributed by atoms with Crippen LogP contribution in [0.25, 0.3) is 0 Å². The zero-order valence-electron chi connectivity index (χ0n) is 18.8. The Morgan fingerprint density at radius 3 is 1.14 bits per heavy atom. The van der Waals surface area contributed by atoms with E-state index in [4.69, 9.17) is 9.47 Å². The van der Waals surface area contributed by atoms with Gasteiger partial charge in [-0.05, 0) is 0 Å². The van der Waals surface area contributed by atoms with Crippen molar-refractivity contribution < 1.29 is 19.1 Å². The number of carbonyl (C=O) groups excluding carboxylic acids is 2. The first-order valence-electron chi connectivity index (χ1n) is 10.2. The molecule has 0 unspecified atom stereocenters. The van der Waals surface area contributed by atoms with E-state index < -0.39 is 11.9 Å². The molecule has 28 heavy (non-hydrogen) atoms. The minimum Gasteiger partial charge on any atom is -0.458 e. The van der Waals surface area contributed by atoms with Crippen molar-refractivity contribution in [2.45, 2.75) is 67.6 Å². The highest BCUT2D eigenvalue weighted by Gasteiger charge is 2.47. The number of hydrogen-bond acceptors (Lipinski definition) is 6. The number of piperidine rings is 2. The van der Waals surface area contributed by atoms with Crippen molar-refractivity contribution in [1.82, 2.24) is 10.6 Å². The normalized spacial score (nSPS) is 26.7. The molecule has 160 valence electrons. The second-order valence-corrected chi connectivity index (χ2v) is 11.1. The van der Waals surface area contributed by atoms with Crippen molar-refractivity contribution in [2.24, 2.45) is 21.7 Å². The second kappa shape index (κ2) is 7.79. The summed E-state index contributed by atoms with van der Waals surface area (Å²) >= 11 is 0. The molecule has 2 saturated heterocycles. The van der Waals surface area contributed by atoms with Gasteiger partial charge in [-0.15, -0.1) is 0 Å². The van der Waals surface area contributed by atoms with Gasteiger partial charge in [0.1, 0.15) is 12.2 Å². The second-order valence-electron chi connectivity index (χ2n) is 11.1. The molecular weight excluding hydrogens is 356 g/mol. The van der Waals surface area contributed by atoms with E-state index in [0.29, 0.717) is 0 Å². The van der Waals surface area contributed by atoms with Crippen LogP contribution in [0.5, 0.6) is 0 Å². The Morgan fingerprint density at radius 1 is 0.643 bits per heavy atom. The fourth-order valence-corrected chi connectivity index (χ4v) is 4.99. The van der Waals surface area contributed by atoms with Crippen molar-refractivity contribution in [3.63, 3.8) is 0 Å². The van der Waals surface area contributed by atoms with Crippen LogP contribution in [-0.4, -0.2) is 50.3 Å². The molecule has 0 aromatic carbocycles. The molecule has 0 amide bonds. The zero-order valence-corrected chi connectivity index (χ0v) is 18.8. The summed E-state index contributed by atoms with van der Waals surface area (Å²) in [4.78, 5) is 24.8. The van der Waals surface area contributed by atoms with Crippen LogP contribution < -0.4 is 10.6 Å². The summed E-state index contributed by atoms with van der Waals surface area (Å²) in [6.45, 7) is 19.8. The maximum atomic E-state index is 12.4. The summed E-state index contributed by atoms with van der Waals surface area (Å²) in [5.41, 5.74) is -0.742. The maximum Gasteiger partial charge on any atom is 0.331 e. The number of esters is 2. The average Bonchev–Trinajstić information content (AvgIpc) is 2.52. The summed E-state index contributed by atoms with van der Waals surface area (Å²) in [6.07, 6.45) is 1.91. The van der Waals surface area contributed by atoms with Gasteiger partial charge in [-0.2, -0.15) is 0 Å². The fraction of sp³-hybridized carbons (Fsp3) is 0.818. The van der Waals surface area contributed by atoms with Crippen LogP contribution >= 0.6 is 0 Å². The Labute approximate surface area is 169 Å². The van der Waals surface area contributed by atoms with Gasteiger partial charge in [0, 0.05) is 60.0 Å². The van der Waals surface area contributed by atoms with E-state index in [-0.39, 0.29) is 33.9 Å². The van der Waals surface area contributed by atoms with Gasteiger partial charge in [0.2, 0.25) is 0 Å².